The Kier molecular flexibility index (Phi) is 6.26. The number of nitrogens with two attached hydrogens (primary N) is 2. The number of hydrazine groups is 2. The summed E-state index contributed by atoms with van der Waals surface area (Å²) >= 11 is 0. The molecule has 0 radical (unpaired) electrons. The van der Waals surface area contributed by atoms with E-state index in [1.807, 2.05) is 48.5 Å². The summed E-state index contributed by atoms with van der Waals surface area (Å²) < 4.78 is 0. The number of imidazole rings is 2. The van der Waals surface area contributed by atoms with E-state index in [1.54, 1.807) is 23.5 Å². The summed E-state index contributed by atoms with van der Waals surface area (Å²) in [5.41, 5.74) is 7.72. The number of hydrogen-bond donors (Lipinski definition) is 6. The van der Waals surface area contributed by atoms with Crippen molar-refractivity contribution in [3.63, 3.8) is 0 Å². The van der Waals surface area contributed by atoms with Crippen LogP contribution in [0.5, 0.6) is 0 Å². The first kappa shape index (κ1) is 16.9. The summed E-state index contributed by atoms with van der Waals surface area (Å²) in [7, 11) is 0. The minimum atomic E-state index is -0.602. The highest BCUT2D eigenvalue weighted by atomic mass is 16.2. The molecule has 0 bridgehead atoms. The number of aromatic nitrogens is 4. The number of hydrogen-bond acceptors (Lipinski definition) is 5. The van der Waals surface area contributed by atoms with Gasteiger partial charge < -0.3 is 9.97 Å². The quantitative estimate of drug-likeness (QED) is 0.163. The number of fused-ring (bicyclic) bond motifs is 2. The summed E-state index contributed by atoms with van der Waals surface area (Å²) in [6.45, 7) is 0. The Bertz CT molecular complexity index is 753. The maximum absolute atomic E-state index is 9.71. The Labute approximate surface area is 137 Å². The van der Waals surface area contributed by atoms with Crippen LogP contribution in [0.1, 0.15) is 0 Å². The average molecular weight is 326 g/mol. The van der Waals surface area contributed by atoms with Crippen molar-refractivity contribution in [2.45, 2.75) is 0 Å². The van der Waals surface area contributed by atoms with Gasteiger partial charge in [0.2, 0.25) is 0 Å². The average Bonchev–Trinajstić information content (AvgIpc) is 3.30. The predicted octanol–water partition coefficient (Wildman–Crippen LogP) is 1.16. The van der Waals surface area contributed by atoms with E-state index in [-0.39, 0.29) is 0 Å². The van der Waals surface area contributed by atoms with Gasteiger partial charge in [0.05, 0.1) is 34.7 Å². The summed E-state index contributed by atoms with van der Waals surface area (Å²) in [4.78, 5) is 23.9. The second-order valence-electron chi connectivity index (χ2n) is 4.46. The van der Waals surface area contributed by atoms with Gasteiger partial charge in [-0.05, 0) is 24.3 Å². The van der Waals surface area contributed by atoms with E-state index in [9.17, 15) is 4.79 Å². The normalized spacial score (nSPS) is 9.42. The van der Waals surface area contributed by atoms with Gasteiger partial charge in [-0.3, -0.25) is 10.9 Å². The first-order valence-corrected chi connectivity index (χ1v) is 6.98. The molecule has 0 aliphatic carbocycles. The van der Waals surface area contributed by atoms with Gasteiger partial charge in [-0.1, -0.05) is 24.3 Å². The molecule has 4 aromatic rings. The summed E-state index contributed by atoms with van der Waals surface area (Å²) in [5, 5.41) is 0. The number of benzene rings is 2. The van der Waals surface area contributed by atoms with Gasteiger partial charge in [0, 0.05) is 0 Å². The molecule has 9 nitrogen and oxygen atoms in total. The summed E-state index contributed by atoms with van der Waals surface area (Å²) in [6, 6.07) is 15.3. The summed E-state index contributed by atoms with van der Waals surface area (Å²) in [6.07, 6.45) is 3.40. The molecule has 4 rings (SSSR count). The van der Waals surface area contributed by atoms with Crippen molar-refractivity contribution in [3.8, 4) is 0 Å². The Morgan fingerprint density at radius 2 is 1.21 bits per heavy atom. The molecule has 2 aromatic carbocycles. The third kappa shape index (κ3) is 4.80. The number of urea groups is 1. The fourth-order valence-corrected chi connectivity index (χ4v) is 1.80. The molecule has 0 atom stereocenters. The number of para-hydroxylation sites is 4. The number of nitrogens with one attached hydrogen (secondary N) is 4. The van der Waals surface area contributed by atoms with Crippen LogP contribution in [0.2, 0.25) is 0 Å². The molecule has 2 aromatic heterocycles. The lowest BCUT2D eigenvalue weighted by molar-refractivity contribution is 0.241. The highest BCUT2D eigenvalue weighted by Gasteiger charge is 1.89. The second-order valence-corrected chi connectivity index (χ2v) is 4.46. The van der Waals surface area contributed by atoms with Crippen LogP contribution in [0.15, 0.2) is 61.2 Å². The number of carbonyl (C=O) groups excluding carboxylic acids is 1. The molecular formula is C15H18N8O. The highest BCUT2D eigenvalue weighted by Crippen LogP contribution is 2.06. The van der Waals surface area contributed by atoms with Crippen molar-refractivity contribution in [2.24, 2.45) is 11.7 Å². The molecule has 9 heteroatoms. The largest absolute Gasteiger partial charge is 0.345 e. The molecule has 0 saturated heterocycles. The predicted molar refractivity (Wildman–Crippen MR) is 92.2 cm³/mol. The van der Waals surface area contributed by atoms with Crippen molar-refractivity contribution < 1.29 is 4.79 Å². The topological polar surface area (TPSA) is 151 Å². The lowest BCUT2D eigenvalue weighted by Crippen LogP contribution is -2.43. The van der Waals surface area contributed by atoms with Gasteiger partial charge in [0.1, 0.15) is 0 Å². The molecule has 24 heavy (non-hydrogen) atoms. The smallest absolute Gasteiger partial charge is 0.343 e. The van der Waals surface area contributed by atoms with Gasteiger partial charge in [0.15, 0.2) is 0 Å². The van der Waals surface area contributed by atoms with Crippen LogP contribution in [0, 0.1) is 0 Å². The number of rotatable bonds is 0. The Balaban J connectivity index is 0.000000134. The molecule has 0 unspecified atom stereocenters. The van der Waals surface area contributed by atoms with E-state index in [0.29, 0.717) is 0 Å². The van der Waals surface area contributed by atoms with E-state index < -0.39 is 6.03 Å². The maximum atomic E-state index is 9.71. The fourth-order valence-electron chi connectivity index (χ4n) is 1.80. The molecule has 124 valence electrons. The van der Waals surface area contributed by atoms with Gasteiger partial charge >= 0.3 is 6.03 Å². The van der Waals surface area contributed by atoms with Gasteiger partial charge in [-0.15, -0.1) is 0 Å². The molecule has 0 aliphatic rings. The lowest BCUT2D eigenvalue weighted by Gasteiger charge is -1.90. The maximum Gasteiger partial charge on any atom is 0.343 e. The third-order valence-electron chi connectivity index (χ3n) is 2.92. The number of carbonyl (C=O) groups is 1. The molecule has 2 heterocycles. The standard InChI is InChI=1S/2C7H6N2.CH6N4O/c2*1-2-4-7-6(3-1)8-5-9-7;2-4-1(6)5-3/h2*1-5H,(H,8,9);2-3H2,(H2,4,5,6). The van der Waals surface area contributed by atoms with Crippen LogP contribution in [-0.4, -0.2) is 26.0 Å². The molecule has 0 fully saturated rings. The van der Waals surface area contributed by atoms with Crippen LogP contribution >= 0.6 is 0 Å². The van der Waals surface area contributed by atoms with Crippen LogP contribution in [0.4, 0.5) is 4.79 Å². The molecule has 8 N–H and O–H groups in total. The first-order valence-electron chi connectivity index (χ1n) is 6.98. The van der Waals surface area contributed by atoms with Crippen molar-refractivity contribution in [3.05, 3.63) is 61.2 Å². The lowest BCUT2D eigenvalue weighted by atomic mass is 10.3. The zero-order valence-corrected chi connectivity index (χ0v) is 12.7. The molecule has 0 spiro atoms. The Morgan fingerprint density at radius 3 is 1.54 bits per heavy atom. The summed E-state index contributed by atoms with van der Waals surface area (Å²) in [5.74, 6) is 9.08. The van der Waals surface area contributed by atoms with Crippen LogP contribution in [0.3, 0.4) is 0 Å². The Hall–Kier alpha value is -3.43. The van der Waals surface area contributed by atoms with E-state index in [1.165, 1.54) is 0 Å². The van der Waals surface area contributed by atoms with E-state index in [4.69, 9.17) is 0 Å². The number of nitrogens with zero attached hydrogens (tertiary/aromatic N) is 2. The number of H-pyrrole nitrogens is 2. The van der Waals surface area contributed by atoms with Gasteiger partial charge in [-0.25, -0.2) is 26.4 Å². The van der Waals surface area contributed by atoms with Gasteiger partial charge in [0.25, 0.3) is 0 Å². The van der Waals surface area contributed by atoms with E-state index in [0.717, 1.165) is 22.1 Å². The minimum Gasteiger partial charge on any atom is -0.345 e. The van der Waals surface area contributed by atoms with Crippen molar-refractivity contribution in [1.82, 2.24) is 30.8 Å². The second kappa shape index (κ2) is 8.88. The van der Waals surface area contributed by atoms with E-state index >= 15 is 0 Å². The minimum absolute atomic E-state index is 0.602. The van der Waals surface area contributed by atoms with E-state index in [2.05, 4.69) is 31.6 Å². The zero-order valence-electron chi connectivity index (χ0n) is 12.7. The fraction of sp³-hybridized carbons (Fsp3) is 0. The van der Waals surface area contributed by atoms with Crippen LogP contribution in [-0.2, 0) is 0 Å². The number of amides is 2. The molecular weight excluding hydrogens is 308 g/mol. The molecule has 2 amide bonds. The third-order valence-corrected chi connectivity index (χ3v) is 2.92. The van der Waals surface area contributed by atoms with Crippen LogP contribution in [0.25, 0.3) is 22.1 Å². The van der Waals surface area contributed by atoms with Crippen molar-refractivity contribution in [1.29, 1.82) is 0 Å². The monoisotopic (exact) mass is 326 g/mol. The molecule has 0 aliphatic heterocycles. The van der Waals surface area contributed by atoms with Crippen LogP contribution < -0.4 is 22.5 Å². The zero-order chi connectivity index (χ0) is 17.2. The van der Waals surface area contributed by atoms with Crippen molar-refractivity contribution >= 4 is 28.1 Å². The number of aromatic amines is 2. The Morgan fingerprint density at radius 1 is 0.792 bits per heavy atom. The van der Waals surface area contributed by atoms with Crippen molar-refractivity contribution in [2.75, 3.05) is 0 Å². The highest BCUT2D eigenvalue weighted by molar-refractivity contribution is 5.74. The first-order chi connectivity index (χ1) is 11.7. The SMILES string of the molecule is NNC(=O)NN.c1ccc2[nH]cnc2c1.c1ccc2[nH]cnc2c1. The van der Waals surface area contributed by atoms with Gasteiger partial charge in [-0.2, -0.15) is 0 Å². The molecule has 0 saturated carbocycles.